The number of primary amides is 1. The third-order valence-corrected chi connectivity index (χ3v) is 3.94. The first-order valence-corrected chi connectivity index (χ1v) is 5.77. The Labute approximate surface area is 101 Å². The van der Waals surface area contributed by atoms with Gasteiger partial charge in [0, 0.05) is 6.20 Å². The average molecular weight is 258 g/mol. The Morgan fingerprint density at radius 2 is 2.35 bits per heavy atom. The molecule has 2 heterocycles. The lowest BCUT2D eigenvalue weighted by atomic mass is 10.1. The zero-order valence-corrected chi connectivity index (χ0v) is 9.48. The lowest BCUT2D eigenvalue weighted by Gasteiger charge is -2.43. The fourth-order valence-electron chi connectivity index (χ4n) is 1.65. The van der Waals surface area contributed by atoms with E-state index in [9.17, 15) is 14.4 Å². The van der Waals surface area contributed by atoms with Crippen molar-refractivity contribution in [1.82, 2.24) is 4.90 Å². The van der Waals surface area contributed by atoms with E-state index in [0.717, 1.165) is 0 Å². The topological polar surface area (TPSA) is 110 Å². The number of aliphatic carboxylic acids is 1. The van der Waals surface area contributed by atoms with Gasteiger partial charge in [-0.1, -0.05) is 0 Å². The second kappa shape index (κ2) is 4.28. The molecule has 3 N–H and O–H groups in total. The van der Waals surface area contributed by atoms with Crippen LogP contribution in [0, 0.1) is 0 Å². The molecule has 8 heteroatoms. The van der Waals surface area contributed by atoms with E-state index in [1.165, 1.54) is 22.9 Å². The van der Waals surface area contributed by atoms with Crippen LogP contribution in [0.3, 0.4) is 0 Å². The van der Waals surface area contributed by atoms with Crippen molar-refractivity contribution in [3.8, 4) is 0 Å². The molecule has 0 spiro atoms. The van der Waals surface area contributed by atoms with E-state index in [4.69, 9.17) is 10.8 Å². The average Bonchev–Trinajstić information content (AvgIpc) is 2.24. The molecule has 0 aromatic rings. The fourth-order valence-corrected chi connectivity index (χ4v) is 3.03. The Hall–Kier alpha value is -1.70. The SMILES string of the molecule is NC(=O)OCC1S[C@@H]2CC(=O)N2C=C1C(=O)O. The largest absolute Gasteiger partial charge is 0.478 e. The third-order valence-electron chi connectivity index (χ3n) is 2.52. The van der Waals surface area contributed by atoms with Crippen molar-refractivity contribution >= 4 is 29.7 Å². The highest BCUT2D eigenvalue weighted by Crippen LogP contribution is 2.40. The minimum absolute atomic E-state index is 0.0422. The summed E-state index contributed by atoms with van der Waals surface area (Å²) in [6.07, 6.45) is 0.744. The Bertz CT molecular complexity index is 422. The molecule has 1 fully saturated rings. The summed E-state index contributed by atoms with van der Waals surface area (Å²) in [6.45, 7) is -0.101. The molecule has 17 heavy (non-hydrogen) atoms. The molecular formula is C9H10N2O5S. The highest BCUT2D eigenvalue weighted by Gasteiger charge is 2.43. The molecule has 2 atom stereocenters. The summed E-state index contributed by atoms with van der Waals surface area (Å²) in [5, 5.41) is 8.44. The number of β-lactam (4-membered cyclic amide) rings is 1. The van der Waals surface area contributed by atoms with Crippen LogP contribution in [-0.4, -0.2) is 45.2 Å². The van der Waals surface area contributed by atoms with Gasteiger partial charge >= 0.3 is 12.1 Å². The van der Waals surface area contributed by atoms with Gasteiger partial charge in [0.2, 0.25) is 5.91 Å². The van der Waals surface area contributed by atoms with Crippen LogP contribution in [0.4, 0.5) is 4.79 Å². The molecule has 0 aromatic carbocycles. The Kier molecular flexibility index (Phi) is 2.97. The Morgan fingerprint density at radius 3 is 2.88 bits per heavy atom. The molecule has 0 bridgehead atoms. The second-order valence-corrected chi connectivity index (χ2v) is 4.99. The summed E-state index contributed by atoms with van der Waals surface area (Å²) in [5.41, 5.74) is 4.87. The van der Waals surface area contributed by atoms with Gasteiger partial charge in [0.05, 0.1) is 22.6 Å². The number of nitrogens with zero attached hydrogens (tertiary/aromatic N) is 1. The molecule has 92 valence electrons. The van der Waals surface area contributed by atoms with Crippen LogP contribution < -0.4 is 5.73 Å². The summed E-state index contributed by atoms with van der Waals surface area (Å²) < 4.78 is 4.61. The van der Waals surface area contributed by atoms with Crippen molar-refractivity contribution in [2.45, 2.75) is 17.0 Å². The van der Waals surface area contributed by atoms with Gasteiger partial charge in [0.15, 0.2) is 0 Å². The van der Waals surface area contributed by atoms with Crippen LogP contribution in [0.2, 0.25) is 0 Å². The first-order chi connectivity index (χ1) is 7.99. The summed E-state index contributed by atoms with van der Waals surface area (Å²) in [6, 6.07) is 0. The minimum Gasteiger partial charge on any atom is -0.478 e. The molecule has 0 radical (unpaired) electrons. The number of hydrogen-bond acceptors (Lipinski definition) is 5. The van der Waals surface area contributed by atoms with Crippen molar-refractivity contribution < 1.29 is 24.2 Å². The van der Waals surface area contributed by atoms with E-state index >= 15 is 0 Å². The number of carboxylic acid groups (broad SMARTS) is 1. The summed E-state index contributed by atoms with van der Waals surface area (Å²) >= 11 is 1.29. The summed E-state index contributed by atoms with van der Waals surface area (Å²) in [4.78, 5) is 34.1. The first kappa shape index (κ1) is 11.8. The lowest BCUT2D eigenvalue weighted by Crippen LogP contribution is -2.51. The number of ether oxygens (including phenoxy) is 1. The highest BCUT2D eigenvalue weighted by atomic mass is 32.2. The van der Waals surface area contributed by atoms with Crippen molar-refractivity contribution in [1.29, 1.82) is 0 Å². The van der Waals surface area contributed by atoms with Gasteiger partial charge in [-0.05, 0) is 0 Å². The maximum Gasteiger partial charge on any atom is 0.404 e. The van der Waals surface area contributed by atoms with Crippen LogP contribution in [0.5, 0.6) is 0 Å². The number of nitrogens with two attached hydrogens (primary N) is 1. The maximum atomic E-state index is 11.2. The lowest BCUT2D eigenvalue weighted by molar-refractivity contribution is -0.138. The second-order valence-electron chi connectivity index (χ2n) is 3.60. The van der Waals surface area contributed by atoms with Crippen molar-refractivity contribution in [2.24, 2.45) is 5.73 Å². The molecule has 0 aliphatic carbocycles. The van der Waals surface area contributed by atoms with Crippen molar-refractivity contribution in [3.05, 3.63) is 11.8 Å². The fraction of sp³-hybridized carbons (Fsp3) is 0.444. The summed E-state index contributed by atoms with van der Waals surface area (Å²) in [7, 11) is 0. The number of amides is 2. The normalized spacial score (nSPS) is 26.7. The van der Waals surface area contributed by atoms with E-state index in [1.807, 2.05) is 0 Å². The summed E-state index contributed by atoms with van der Waals surface area (Å²) in [5.74, 6) is -1.23. The highest BCUT2D eigenvalue weighted by molar-refractivity contribution is 8.00. The Morgan fingerprint density at radius 1 is 1.65 bits per heavy atom. The third kappa shape index (κ3) is 2.21. The number of fused-ring (bicyclic) bond motifs is 1. The molecule has 0 saturated carbocycles. The van der Waals surface area contributed by atoms with Gasteiger partial charge in [-0.15, -0.1) is 11.8 Å². The van der Waals surface area contributed by atoms with Crippen molar-refractivity contribution in [3.63, 3.8) is 0 Å². The van der Waals surface area contributed by atoms with Gasteiger partial charge in [0.1, 0.15) is 6.61 Å². The van der Waals surface area contributed by atoms with Gasteiger partial charge < -0.3 is 20.5 Å². The van der Waals surface area contributed by atoms with Crippen molar-refractivity contribution in [2.75, 3.05) is 6.61 Å². The maximum absolute atomic E-state index is 11.2. The van der Waals surface area contributed by atoms with E-state index in [1.54, 1.807) is 0 Å². The van der Waals surface area contributed by atoms with Crippen LogP contribution >= 0.6 is 11.8 Å². The quantitative estimate of drug-likeness (QED) is 0.674. The standard InChI is InChI=1S/C9H10N2O5S/c10-9(15)16-3-5-4(8(13)14)2-11-6(12)1-7(11)17-5/h2,5,7H,1,3H2,(H2,10,15)(H,13,14)/t5?,7-/m1/s1. The number of carbonyl (C=O) groups is 3. The number of thioether (sulfide) groups is 1. The monoisotopic (exact) mass is 258 g/mol. The van der Waals surface area contributed by atoms with Crippen LogP contribution in [0.25, 0.3) is 0 Å². The van der Waals surface area contributed by atoms with E-state index in [2.05, 4.69) is 4.74 Å². The van der Waals surface area contributed by atoms with E-state index < -0.39 is 17.3 Å². The Balaban J connectivity index is 2.12. The molecule has 7 nitrogen and oxygen atoms in total. The number of carboxylic acids is 1. The molecule has 2 amide bonds. The first-order valence-electron chi connectivity index (χ1n) is 4.83. The minimum atomic E-state index is -1.13. The molecule has 1 saturated heterocycles. The van der Waals surface area contributed by atoms with E-state index in [0.29, 0.717) is 6.42 Å². The molecular weight excluding hydrogens is 248 g/mol. The van der Waals surface area contributed by atoms with Gasteiger partial charge in [-0.3, -0.25) is 4.79 Å². The molecule has 2 aliphatic heterocycles. The number of carbonyl (C=O) groups excluding carboxylic acids is 2. The number of rotatable bonds is 3. The molecule has 2 rings (SSSR count). The van der Waals surface area contributed by atoms with Gasteiger partial charge in [0.25, 0.3) is 0 Å². The molecule has 2 aliphatic rings. The van der Waals surface area contributed by atoms with Gasteiger partial charge in [-0.25, -0.2) is 9.59 Å². The molecule has 1 unspecified atom stereocenters. The zero-order valence-electron chi connectivity index (χ0n) is 8.66. The smallest absolute Gasteiger partial charge is 0.404 e. The zero-order chi connectivity index (χ0) is 12.6. The van der Waals surface area contributed by atoms with Crippen LogP contribution in [-0.2, 0) is 14.3 Å². The van der Waals surface area contributed by atoms with Gasteiger partial charge in [-0.2, -0.15) is 0 Å². The van der Waals surface area contributed by atoms with E-state index in [-0.39, 0.29) is 23.5 Å². The predicted molar refractivity (Wildman–Crippen MR) is 57.9 cm³/mol. The van der Waals surface area contributed by atoms with Crippen LogP contribution in [0.1, 0.15) is 6.42 Å². The molecule has 0 aromatic heterocycles. The predicted octanol–water partition coefficient (Wildman–Crippen LogP) is -0.276. The number of hydrogen-bond donors (Lipinski definition) is 2. The van der Waals surface area contributed by atoms with Crippen LogP contribution in [0.15, 0.2) is 11.8 Å².